The summed E-state index contributed by atoms with van der Waals surface area (Å²) in [6.45, 7) is 0.0335. The van der Waals surface area contributed by atoms with E-state index in [2.05, 4.69) is 0 Å². The molecule has 2 rings (SSSR count). The molecule has 0 aliphatic carbocycles. The minimum atomic E-state index is -0.477. The zero-order valence-corrected chi connectivity index (χ0v) is 13.1. The van der Waals surface area contributed by atoms with Gasteiger partial charge in [0.25, 0.3) is 0 Å². The average molecular weight is 322 g/mol. The van der Waals surface area contributed by atoms with E-state index in [1.165, 1.54) is 12.2 Å². The van der Waals surface area contributed by atoms with E-state index in [4.69, 9.17) is 9.47 Å². The first-order valence-electron chi connectivity index (χ1n) is 7.54. The molecule has 0 saturated carbocycles. The fraction of sp³-hybridized carbons (Fsp3) is 0.100. The van der Waals surface area contributed by atoms with E-state index >= 15 is 0 Å². The van der Waals surface area contributed by atoms with Crippen LogP contribution in [0.15, 0.2) is 72.8 Å². The first-order chi connectivity index (χ1) is 11.7. The summed E-state index contributed by atoms with van der Waals surface area (Å²) in [7, 11) is 0. The van der Waals surface area contributed by atoms with Gasteiger partial charge in [-0.05, 0) is 23.3 Å². The molecule has 0 atom stereocenters. The van der Waals surface area contributed by atoms with Crippen LogP contribution in [-0.4, -0.2) is 25.2 Å². The highest BCUT2D eigenvalue weighted by atomic mass is 16.6. The van der Waals surface area contributed by atoms with Crippen LogP contribution in [0.4, 0.5) is 0 Å². The Morgan fingerprint density at radius 1 is 0.667 bits per heavy atom. The summed E-state index contributed by atoms with van der Waals surface area (Å²) in [6, 6.07) is 18.8. The van der Waals surface area contributed by atoms with Crippen LogP contribution < -0.4 is 0 Å². The van der Waals surface area contributed by atoms with Gasteiger partial charge in [0.15, 0.2) is 0 Å². The van der Waals surface area contributed by atoms with Gasteiger partial charge in [0, 0.05) is 12.2 Å². The lowest BCUT2D eigenvalue weighted by atomic mass is 10.2. The van der Waals surface area contributed by atoms with E-state index in [1.54, 1.807) is 12.2 Å². The van der Waals surface area contributed by atoms with Gasteiger partial charge in [-0.1, -0.05) is 60.7 Å². The van der Waals surface area contributed by atoms with Gasteiger partial charge in [-0.2, -0.15) is 0 Å². The summed E-state index contributed by atoms with van der Waals surface area (Å²) < 4.78 is 9.90. The van der Waals surface area contributed by atoms with Gasteiger partial charge in [-0.15, -0.1) is 0 Å². The molecule has 0 unspecified atom stereocenters. The van der Waals surface area contributed by atoms with Crippen molar-refractivity contribution >= 4 is 24.1 Å². The van der Waals surface area contributed by atoms with Gasteiger partial charge < -0.3 is 9.47 Å². The topological polar surface area (TPSA) is 52.6 Å². The van der Waals surface area contributed by atoms with E-state index in [0.717, 1.165) is 11.1 Å². The number of esters is 2. The molecule has 0 heterocycles. The summed E-state index contributed by atoms with van der Waals surface area (Å²) in [5, 5.41) is 0. The molecule has 0 spiro atoms. The molecule has 2 aromatic carbocycles. The van der Waals surface area contributed by atoms with Crippen LogP contribution in [0.2, 0.25) is 0 Å². The Bertz CT molecular complexity index is 639. The van der Waals surface area contributed by atoms with Crippen LogP contribution in [0.5, 0.6) is 0 Å². The summed E-state index contributed by atoms with van der Waals surface area (Å²) in [4.78, 5) is 23.0. The van der Waals surface area contributed by atoms with Crippen molar-refractivity contribution in [3.8, 4) is 0 Å². The summed E-state index contributed by atoms with van der Waals surface area (Å²) >= 11 is 0. The van der Waals surface area contributed by atoms with Crippen molar-refractivity contribution in [2.24, 2.45) is 0 Å². The van der Waals surface area contributed by atoms with Crippen LogP contribution in [0.25, 0.3) is 12.2 Å². The predicted octanol–water partition coefficient (Wildman–Crippen LogP) is 3.50. The molecule has 4 heteroatoms. The third-order valence-electron chi connectivity index (χ3n) is 2.99. The van der Waals surface area contributed by atoms with E-state index in [-0.39, 0.29) is 13.2 Å². The fourth-order valence-corrected chi connectivity index (χ4v) is 1.84. The van der Waals surface area contributed by atoms with Gasteiger partial charge in [-0.25, -0.2) is 9.59 Å². The number of carbonyl (C=O) groups excluding carboxylic acids is 2. The highest BCUT2D eigenvalue weighted by Gasteiger charge is 2.00. The Kier molecular flexibility index (Phi) is 7.02. The average Bonchev–Trinajstić information content (AvgIpc) is 2.63. The molecule has 4 nitrogen and oxygen atoms in total. The molecule has 0 saturated heterocycles. The van der Waals surface area contributed by atoms with Crippen molar-refractivity contribution in [2.45, 2.75) is 0 Å². The second kappa shape index (κ2) is 9.79. The van der Waals surface area contributed by atoms with Gasteiger partial charge in [0.1, 0.15) is 13.2 Å². The van der Waals surface area contributed by atoms with Gasteiger partial charge in [0.2, 0.25) is 0 Å². The van der Waals surface area contributed by atoms with Crippen LogP contribution in [-0.2, 0) is 19.1 Å². The molecule has 0 radical (unpaired) electrons. The molecule has 0 bridgehead atoms. The molecule has 0 amide bonds. The third-order valence-corrected chi connectivity index (χ3v) is 2.99. The second-order valence-electron chi connectivity index (χ2n) is 4.82. The van der Waals surface area contributed by atoms with E-state index < -0.39 is 11.9 Å². The Morgan fingerprint density at radius 3 is 1.42 bits per heavy atom. The third kappa shape index (κ3) is 6.75. The smallest absolute Gasteiger partial charge is 0.330 e. The minimum absolute atomic E-state index is 0.0167. The number of hydrogen-bond donors (Lipinski definition) is 0. The zero-order chi connectivity index (χ0) is 17.0. The maximum absolute atomic E-state index is 11.5. The molecule has 0 aliphatic heterocycles. The largest absolute Gasteiger partial charge is 0.459 e. The highest BCUT2D eigenvalue weighted by molar-refractivity contribution is 5.87. The Balaban J connectivity index is 1.63. The summed E-state index contributed by atoms with van der Waals surface area (Å²) in [5.74, 6) is -0.954. The SMILES string of the molecule is O=C(C=Cc1ccccc1)OCCOC(=O)/C=C/c1ccccc1. The van der Waals surface area contributed by atoms with Crippen molar-refractivity contribution in [2.75, 3.05) is 13.2 Å². The molecule has 2 aromatic rings. The Labute approximate surface area is 141 Å². The van der Waals surface area contributed by atoms with Gasteiger partial charge in [-0.3, -0.25) is 0 Å². The van der Waals surface area contributed by atoms with Crippen molar-refractivity contribution < 1.29 is 19.1 Å². The van der Waals surface area contributed by atoms with E-state index in [0.29, 0.717) is 0 Å². The maximum atomic E-state index is 11.5. The van der Waals surface area contributed by atoms with Crippen molar-refractivity contribution in [3.63, 3.8) is 0 Å². The second-order valence-corrected chi connectivity index (χ2v) is 4.82. The first-order valence-corrected chi connectivity index (χ1v) is 7.54. The van der Waals surface area contributed by atoms with Crippen LogP contribution in [0.1, 0.15) is 11.1 Å². The first kappa shape index (κ1) is 17.2. The normalized spacial score (nSPS) is 10.8. The molecule has 0 aromatic heterocycles. The van der Waals surface area contributed by atoms with Crippen molar-refractivity contribution in [3.05, 3.63) is 83.9 Å². The quantitative estimate of drug-likeness (QED) is 0.445. The molecule has 0 fully saturated rings. The summed E-state index contributed by atoms with van der Waals surface area (Å²) in [6.07, 6.45) is 6.01. The number of rotatable bonds is 7. The lowest BCUT2D eigenvalue weighted by molar-refractivity contribution is -0.145. The number of benzene rings is 2. The Morgan fingerprint density at radius 2 is 1.04 bits per heavy atom. The van der Waals surface area contributed by atoms with Crippen LogP contribution >= 0.6 is 0 Å². The molecular weight excluding hydrogens is 304 g/mol. The maximum Gasteiger partial charge on any atom is 0.330 e. The van der Waals surface area contributed by atoms with E-state index in [9.17, 15) is 9.59 Å². The van der Waals surface area contributed by atoms with Crippen LogP contribution in [0, 0.1) is 0 Å². The lowest BCUT2D eigenvalue weighted by Gasteiger charge is -2.02. The Hall–Kier alpha value is -3.14. The van der Waals surface area contributed by atoms with Crippen molar-refractivity contribution in [1.29, 1.82) is 0 Å². The number of carbonyl (C=O) groups is 2. The zero-order valence-electron chi connectivity index (χ0n) is 13.1. The number of hydrogen-bond acceptors (Lipinski definition) is 4. The predicted molar refractivity (Wildman–Crippen MR) is 92.9 cm³/mol. The molecular formula is C20H18O4. The van der Waals surface area contributed by atoms with Crippen LogP contribution in [0.3, 0.4) is 0 Å². The van der Waals surface area contributed by atoms with Crippen molar-refractivity contribution in [1.82, 2.24) is 0 Å². The molecule has 122 valence electrons. The number of ether oxygens (including phenoxy) is 2. The molecule has 24 heavy (non-hydrogen) atoms. The monoisotopic (exact) mass is 322 g/mol. The molecule has 0 N–H and O–H groups in total. The van der Waals surface area contributed by atoms with Gasteiger partial charge in [0.05, 0.1) is 0 Å². The highest BCUT2D eigenvalue weighted by Crippen LogP contribution is 2.02. The molecule has 0 aliphatic rings. The summed E-state index contributed by atoms with van der Waals surface area (Å²) in [5.41, 5.74) is 1.82. The lowest BCUT2D eigenvalue weighted by Crippen LogP contribution is -2.11. The van der Waals surface area contributed by atoms with Gasteiger partial charge >= 0.3 is 11.9 Å². The minimum Gasteiger partial charge on any atom is -0.459 e. The fourth-order valence-electron chi connectivity index (χ4n) is 1.84. The standard InChI is InChI=1S/C20H18O4/c21-19(13-11-17-7-3-1-4-8-17)23-15-16-24-20(22)14-12-18-9-5-2-6-10-18/h1-14H,15-16H2/b13-11+,14-12?. The van der Waals surface area contributed by atoms with E-state index in [1.807, 2.05) is 60.7 Å².